The van der Waals surface area contributed by atoms with Crippen molar-refractivity contribution >= 4 is 17.8 Å². The van der Waals surface area contributed by atoms with Crippen LogP contribution in [-0.4, -0.2) is 24.4 Å². The maximum atomic E-state index is 11.2. The topological polar surface area (TPSA) is 104 Å². The normalized spacial score (nSPS) is 11.1. The Morgan fingerprint density at radius 3 is 2.48 bits per heavy atom. The molecule has 0 aliphatic heterocycles. The van der Waals surface area contributed by atoms with E-state index in [4.69, 9.17) is 9.15 Å². The van der Waals surface area contributed by atoms with Crippen LogP contribution < -0.4 is 10.5 Å². The van der Waals surface area contributed by atoms with Gasteiger partial charge in [0.15, 0.2) is 0 Å². The summed E-state index contributed by atoms with van der Waals surface area (Å²) in [6.07, 6.45) is -0.617. The average molecular weight is 315 g/mol. The lowest BCUT2D eigenvalue weighted by atomic mass is 10.1. The number of benzene rings is 1. The number of amides is 1. The first-order valence-corrected chi connectivity index (χ1v) is 6.90. The number of ether oxygens (including phenoxy) is 1. The molecule has 1 N–H and O–H groups in total. The minimum Gasteiger partial charge on any atom is -0.542 e. The average Bonchev–Trinajstić information content (AvgIpc) is 3.03. The molecule has 0 fully saturated rings. The van der Waals surface area contributed by atoms with Crippen LogP contribution in [-0.2, 0) is 4.74 Å². The van der Waals surface area contributed by atoms with Crippen LogP contribution >= 0.6 is 0 Å². The molecule has 0 saturated carbocycles. The monoisotopic (exact) mass is 315 g/mol. The zero-order chi connectivity index (χ0) is 16.8. The lowest BCUT2D eigenvalue weighted by Crippen LogP contribution is -2.21. The summed E-state index contributed by atoms with van der Waals surface area (Å²) in [6, 6.07) is 9.98. The van der Waals surface area contributed by atoms with Crippen LogP contribution in [0.25, 0.3) is 11.3 Å². The third-order valence-corrected chi connectivity index (χ3v) is 2.98. The van der Waals surface area contributed by atoms with Crippen LogP contribution in [0.5, 0.6) is 0 Å². The summed E-state index contributed by atoms with van der Waals surface area (Å²) < 4.78 is 9.88. The van der Waals surface area contributed by atoms with E-state index in [1.807, 2.05) is 0 Å². The van der Waals surface area contributed by atoms with E-state index in [2.05, 4.69) is 10.5 Å². The zero-order valence-corrected chi connectivity index (χ0v) is 12.7. The molecule has 7 heteroatoms. The van der Waals surface area contributed by atoms with E-state index in [0.29, 0.717) is 17.0 Å². The number of nitrogens with one attached hydrogen (secondary N) is 1. The van der Waals surface area contributed by atoms with Crippen LogP contribution in [0.15, 0.2) is 45.9 Å². The molecule has 0 saturated heterocycles. The Morgan fingerprint density at radius 2 is 1.91 bits per heavy atom. The molecule has 2 rings (SSSR count). The van der Waals surface area contributed by atoms with Crippen molar-refractivity contribution in [3.8, 4) is 11.3 Å². The molecule has 0 aliphatic rings. The molecule has 0 radical (unpaired) electrons. The van der Waals surface area contributed by atoms with Gasteiger partial charge in [0.1, 0.15) is 17.5 Å². The number of carbonyl (C=O) groups excluding carboxylic acids is 2. The second-order valence-electron chi connectivity index (χ2n) is 4.56. The Kier molecular flexibility index (Phi) is 5.14. The van der Waals surface area contributed by atoms with Crippen LogP contribution in [0.2, 0.25) is 0 Å². The van der Waals surface area contributed by atoms with Gasteiger partial charge in [0.05, 0.1) is 12.3 Å². The number of hydrogen-bond donors (Lipinski definition) is 1. The Hall–Kier alpha value is -3.09. The van der Waals surface area contributed by atoms with Crippen molar-refractivity contribution in [2.24, 2.45) is 5.10 Å². The molecule has 23 heavy (non-hydrogen) atoms. The zero-order valence-electron chi connectivity index (χ0n) is 12.7. The van der Waals surface area contributed by atoms with Gasteiger partial charge < -0.3 is 19.1 Å². The molecule has 0 unspecified atom stereocenters. The van der Waals surface area contributed by atoms with Crippen molar-refractivity contribution in [1.29, 1.82) is 0 Å². The number of furan rings is 1. The first-order valence-electron chi connectivity index (χ1n) is 6.90. The molecule has 120 valence electrons. The number of hydrogen-bond acceptors (Lipinski definition) is 6. The van der Waals surface area contributed by atoms with Gasteiger partial charge in [-0.1, -0.05) is 24.3 Å². The molecule has 0 aliphatic carbocycles. The molecule has 0 spiro atoms. The highest BCUT2D eigenvalue weighted by atomic mass is 16.5. The highest BCUT2D eigenvalue weighted by Crippen LogP contribution is 2.22. The summed E-state index contributed by atoms with van der Waals surface area (Å²) in [4.78, 5) is 21.9. The van der Waals surface area contributed by atoms with E-state index in [9.17, 15) is 14.7 Å². The second kappa shape index (κ2) is 7.26. The maximum Gasteiger partial charge on any atom is 0.427 e. The Morgan fingerprint density at radius 1 is 1.22 bits per heavy atom. The van der Waals surface area contributed by atoms with Crippen molar-refractivity contribution in [2.75, 3.05) is 6.61 Å². The van der Waals surface area contributed by atoms with Gasteiger partial charge in [0.2, 0.25) is 0 Å². The van der Waals surface area contributed by atoms with Crippen molar-refractivity contribution in [3.63, 3.8) is 0 Å². The van der Waals surface area contributed by atoms with Gasteiger partial charge in [-0.25, -0.2) is 10.2 Å². The largest absolute Gasteiger partial charge is 0.542 e. The SMILES string of the molecule is CCOC(=O)N/N=C(/C)c1ccc(-c2ccc(C(=O)[O-])o2)cc1. The van der Waals surface area contributed by atoms with Gasteiger partial charge in [-0.3, -0.25) is 0 Å². The van der Waals surface area contributed by atoms with E-state index >= 15 is 0 Å². The molecule has 0 bridgehead atoms. The molecule has 1 aromatic carbocycles. The van der Waals surface area contributed by atoms with Crippen molar-refractivity contribution in [1.82, 2.24) is 5.43 Å². The number of carboxylic acid groups (broad SMARTS) is 1. The fraction of sp³-hybridized carbons (Fsp3) is 0.188. The number of aromatic carboxylic acids is 1. The molecule has 1 heterocycles. The smallest absolute Gasteiger partial charge is 0.427 e. The predicted molar refractivity (Wildman–Crippen MR) is 80.8 cm³/mol. The Balaban J connectivity index is 2.10. The molecule has 2 aromatic rings. The summed E-state index contributed by atoms with van der Waals surface area (Å²) in [5.41, 5.74) is 4.38. The van der Waals surface area contributed by atoms with Crippen LogP contribution in [0.4, 0.5) is 4.79 Å². The third-order valence-electron chi connectivity index (χ3n) is 2.98. The number of nitrogens with zero attached hydrogens (tertiary/aromatic N) is 1. The van der Waals surface area contributed by atoms with E-state index in [1.165, 1.54) is 6.07 Å². The quantitative estimate of drug-likeness (QED) is 0.669. The summed E-state index contributed by atoms with van der Waals surface area (Å²) in [5, 5.41) is 14.6. The fourth-order valence-corrected chi connectivity index (χ4v) is 1.84. The summed E-state index contributed by atoms with van der Waals surface area (Å²) in [6.45, 7) is 3.71. The van der Waals surface area contributed by atoms with Gasteiger partial charge in [0.25, 0.3) is 0 Å². The highest BCUT2D eigenvalue weighted by Gasteiger charge is 2.06. The van der Waals surface area contributed by atoms with Gasteiger partial charge in [-0.2, -0.15) is 5.10 Å². The van der Waals surface area contributed by atoms with Crippen LogP contribution in [0.3, 0.4) is 0 Å². The third kappa shape index (κ3) is 4.19. The fourth-order valence-electron chi connectivity index (χ4n) is 1.84. The molecular formula is C16H15N2O5-. The molecule has 1 amide bonds. The van der Waals surface area contributed by atoms with Gasteiger partial charge in [0, 0.05) is 5.56 Å². The first-order chi connectivity index (χ1) is 11.0. The summed E-state index contributed by atoms with van der Waals surface area (Å²) in [7, 11) is 0. The van der Waals surface area contributed by atoms with Gasteiger partial charge in [-0.05, 0) is 31.5 Å². The van der Waals surface area contributed by atoms with Crippen LogP contribution in [0, 0.1) is 0 Å². The molecule has 1 aromatic heterocycles. The highest BCUT2D eigenvalue weighted by molar-refractivity contribution is 5.99. The lowest BCUT2D eigenvalue weighted by molar-refractivity contribution is -0.257. The van der Waals surface area contributed by atoms with Crippen molar-refractivity contribution in [3.05, 3.63) is 47.7 Å². The number of carboxylic acids is 1. The molecule has 7 nitrogen and oxygen atoms in total. The minimum absolute atomic E-state index is 0.222. The minimum atomic E-state index is -1.36. The first kappa shape index (κ1) is 16.3. The number of hydrazone groups is 1. The molecule has 0 atom stereocenters. The van der Waals surface area contributed by atoms with E-state index in [1.54, 1.807) is 44.2 Å². The van der Waals surface area contributed by atoms with Gasteiger partial charge >= 0.3 is 6.09 Å². The van der Waals surface area contributed by atoms with E-state index in [0.717, 1.165) is 5.56 Å². The number of carbonyl (C=O) groups is 2. The maximum absolute atomic E-state index is 11.2. The predicted octanol–water partition coefficient (Wildman–Crippen LogP) is 1.78. The Labute approximate surface area is 132 Å². The Bertz CT molecular complexity index is 731. The summed E-state index contributed by atoms with van der Waals surface area (Å²) >= 11 is 0. The van der Waals surface area contributed by atoms with Crippen molar-refractivity contribution in [2.45, 2.75) is 13.8 Å². The standard InChI is InChI=1S/C16H16N2O5/c1-3-22-16(21)18-17-10(2)11-4-6-12(7-5-11)13-8-9-14(23-13)15(19)20/h4-9H,3H2,1-2H3,(H,18,21)(H,19,20)/p-1/b17-10-. The van der Waals surface area contributed by atoms with E-state index in [-0.39, 0.29) is 12.4 Å². The van der Waals surface area contributed by atoms with Crippen LogP contribution in [0.1, 0.15) is 30.0 Å². The second-order valence-corrected chi connectivity index (χ2v) is 4.56. The lowest BCUT2D eigenvalue weighted by Gasteiger charge is -2.04. The van der Waals surface area contributed by atoms with E-state index < -0.39 is 12.1 Å². The molecular weight excluding hydrogens is 300 g/mol. The summed E-state index contributed by atoms with van der Waals surface area (Å²) in [5.74, 6) is -1.16. The van der Waals surface area contributed by atoms with Gasteiger partial charge in [-0.15, -0.1) is 0 Å². The van der Waals surface area contributed by atoms with Crippen molar-refractivity contribution < 1.29 is 23.8 Å². The number of rotatable bonds is 5.